The van der Waals surface area contributed by atoms with Crippen LogP contribution in [0.15, 0.2) is 18.9 Å². The summed E-state index contributed by atoms with van der Waals surface area (Å²) in [6.45, 7) is 4.94. The average molecular weight is 165 g/mol. The maximum Gasteiger partial charge on any atom is 0.182 e. The Morgan fingerprint density at radius 2 is 2.33 bits per heavy atom. The van der Waals surface area contributed by atoms with Gasteiger partial charge in [-0.25, -0.2) is 0 Å². The van der Waals surface area contributed by atoms with Crippen molar-refractivity contribution >= 4 is 0 Å². The third-order valence-electron chi connectivity index (χ3n) is 1.81. The molecule has 0 amide bonds. The highest BCUT2D eigenvalue weighted by Crippen LogP contribution is 2.33. The standard InChI is InChI=1S/C9H11NO2/c1-2-3-7-9-8(6-10-7)11-4-5-12-9/h2,6,10H,1,3-5H2. The highest BCUT2D eigenvalue weighted by atomic mass is 16.6. The lowest BCUT2D eigenvalue weighted by Crippen LogP contribution is -2.14. The quantitative estimate of drug-likeness (QED) is 0.674. The Balaban J connectivity index is 2.31. The van der Waals surface area contributed by atoms with Gasteiger partial charge in [0.2, 0.25) is 0 Å². The number of nitrogens with one attached hydrogen (secondary N) is 1. The molecule has 0 saturated heterocycles. The molecule has 0 spiro atoms. The number of aromatic amines is 1. The summed E-state index contributed by atoms with van der Waals surface area (Å²) in [7, 11) is 0. The minimum absolute atomic E-state index is 0.634. The topological polar surface area (TPSA) is 34.2 Å². The van der Waals surface area contributed by atoms with Crippen molar-refractivity contribution in [2.75, 3.05) is 13.2 Å². The van der Waals surface area contributed by atoms with Crippen molar-refractivity contribution in [3.63, 3.8) is 0 Å². The number of hydrogen-bond acceptors (Lipinski definition) is 2. The summed E-state index contributed by atoms with van der Waals surface area (Å²) in [6.07, 6.45) is 4.45. The third kappa shape index (κ3) is 1.07. The molecule has 0 aromatic carbocycles. The summed E-state index contributed by atoms with van der Waals surface area (Å²) in [6, 6.07) is 0. The first kappa shape index (κ1) is 7.28. The van der Waals surface area contributed by atoms with Gasteiger partial charge >= 0.3 is 0 Å². The Bertz CT molecular complexity index is 291. The molecule has 64 valence electrons. The summed E-state index contributed by atoms with van der Waals surface area (Å²) >= 11 is 0. The molecule has 0 unspecified atom stereocenters. The second-order valence-electron chi connectivity index (χ2n) is 2.65. The van der Waals surface area contributed by atoms with Gasteiger partial charge in [0.05, 0.1) is 5.69 Å². The van der Waals surface area contributed by atoms with E-state index in [1.807, 2.05) is 12.3 Å². The van der Waals surface area contributed by atoms with Crippen LogP contribution in [0.3, 0.4) is 0 Å². The van der Waals surface area contributed by atoms with E-state index in [0.717, 1.165) is 23.6 Å². The zero-order valence-corrected chi connectivity index (χ0v) is 6.80. The highest BCUT2D eigenvalue weighted by Gasteiger charge is 2.16. The molecular formula is C9H11NO2. The summed E-state index contributed by atoms with van der Waals surface area (Å²) in [5.74, 6) is 1.67. The van der Waals surface area contributed by atoms with Gasteiger partial charge in [0, 0.05) is 12.6 Å². The molecule has 0 bridgehead atoms. The van der Waals surface area contributed by atoms with Gasteiger partial charge in [0.1, 0.15) is 13.2 Å². The largest absolute Gasteiger partial charge is 0.485 e. The third-order valence-corrected chi connectivity index (χ3v) is 1.81. The van der Waals surface area contributed by atoms with Crippen LogP contribution in [0.2, 0.25) is 0 Å². The van der Waals surface area contributed by atoms with Gasteiger partial charge in [0.25, 0.3) is 0 Å². The molecule has 0 radical (unpaired) electrons. The molecule has 1 aliphatic rings. The molecule has 12 heavy (non-hydrogen) atoms. The minimum atomic E-state index is 0.634. The smallest absolute Gasteiger partial charge is 0.182 e. The fraction of sp³-hybridized carbons (Fsp3) is 0.333. The van der Waals surface area contributed by atoms with Gasteiger partial charge < -0.3 is 14.5 Å². The summed E-state index contributed by atoms with van der Waals surface area (Å²) < 4.78 is 10.8. The zero-order chi connectivity index (χ0) is 8.39. The van der Waals surface area contributed by atoms with Crippen LogP contribution < -0.4 is 9.47 Å². The number of rotatable bonds is 2. The molecule has 2 heterocycles. The Hall–Kier alpha value is -1.38. The Morgan fingerprint density at radius 1 is 1.50 bits per heavy atom. The van der Waals surface area contributed by atoms with Crippen molar-refractivity contribution in [2.24, 2.45) is 0 Å². The summed E-state index contributed by atoms with van der Waals surface area (Å²) in [4.78, 5) is 3.10. The van der Waals surface area contributed by atoms with Crippen molar-refractivity contribution in [3.05, 3.63) is 24.5 Å². The maximum atomic E-state index is 5.44. The lowest BCUT2D eigenvalue weighted by molar-refractivity contribution is 0.172. The first-order chi connectivity index (χ1) is 5.92. The molecule has 3 heteroatoms. The van der Waals surface area contributed by atoms with Crippen molar-refractivity contribution in [2.45, 2.75) is 6.42 Å². The highest BCUT2D eigenvalue weighted by molar-refractivity contribution is 5.45. The number of aromatic nitrogens is 1. The lowest BCUT2D eigenvalue weighted by atomic mass is 10.3. The Kier molecular flexibility index (Phi) is 1.78. The minimum Gasteiger partial charge on any atom is -0.485 e. The van der Waals surface area contributed by atoms with E-state index in [9.17, 15) is 0 Å². The van der Waals surface area contributed by atoms with E-state index >= 15 is 0 Å². The number of fused-ring (bicyclic) bond motifs is 1. The van der Waals surface area contributed by atoms with Gasteiger partial charge in [-0.1, -0.05) is 6.08 Å². The van der Waals surface area contributed by atoms with Gasteiger partial charge in [-0.3, -0.25) is 0 Å². The summed E-state index contributed by atoms with van der Waals surface area (Å²) in [5, 5.41) is 0. The first-order valence-electron chi connectivity index (χ1n) is 3.98. The Morgan fingerprint density at radius 3 is 3.17 bits per heavy atom. The molecule has 1 N–H and O–H groups in total. The normalized spacial score (nSPS) is 14.3. The maximum absolute atomic E-state index is 5.44. The Labute approximate surface area is 71.0 Å². The van der Waals surface area contributed by atoms with E-state index in [0.29, 0.717) is 13.2 Å². The van der Waals surface area contributed by atoms with Gasteiger partial charge in [-0.05, 0) is 0 Å². The fourth-order valence-electron chi connectivity index (χ4n) is 1.29. The number of H-pyrrole nitrogens is 1. The van der Waals surface area contributed by atoms with Crippen LogP contribution in [0.5, 0.6) is 11.5 Å². The van der Waals surface area contributed by atoms with Crippen molar-refractivity contribution in [1.29, 1.82) is 0 Å². The average Bonchev–Trinajstić information content (AvgIpc) is 2.50. The predicted octanol–water partition coefficient (Wildman–Crippen LogP) is 1.51. The van der Waals surface area contributed by atoms with Crippen LogP contribution in [0, 0.1) is 0 Å². The van der Waals surface area contributed by atoms with Gasteiger partial charge in [-0.15, -0.1) is 6.58 Å². The molecule has 2 rings (SSSR count). The molecule has 0 saturated carbocycles. The molecule has 1 aliphatic heterocycles. The van der Waals surface area contributed by atoms with E-state index in [1.165, 1.54) is 0 Å². The van der Waals surface area contributed by atoms with Crippen LogP contribution in [0.1, 0.15) is 5.69 Å². The van der Waals surface area contributed by atoms with E-state index in [4.69, 9.17) is 9.47 Å². The van der Waals surface area contributed by atoms with Crippen LogP contribution in [0.4, 0.5) is 0 Å². The molecule has 3 nitrogen and oxygen atoms in total. The second kappa shape index (κ2) is 2.93. The van der Waals surface area contributed by atoms with E-state index in [2.05, 4.69) is 11.6 Å². The lowest BCUT2D eigenvalue weighted by Gasteiger charge is -2.15. The number of ether oxygens (including phenoxy) is 2. The zero-order valence-electron chi connectivity index (χ0n) is 6.80. The summed E-state index contributed by atoms with van der Waals surface area (Å²) in [5.41, 5.74) is 1.04. The van der Waals surface area contributed by atoms with Crippen LogP contribution in [0.25, 0.3) is 0 Å². The van der Waals surface area contributed by atoms with Crippen molar-refractivity contribution < 1.29 is 9.47 Å². The van der Waals surface area contributed by atoms with E-state index < -0.39 is 0 Å². The number of hydrogen-bond donors (Lipinski definition) is 1. The van der Waals surface area contributed by atoms with Crippen LogP contribution in [-0.2, 0) is 6.42 Å². The van der Waals surface area contributed by atoms with Crippen molar-refractivity contribution in [3.8, 4) is 11.5 Å². The SMILES string of the molecule is C=CCc1[nH]cc2c1OCCO2. The molecule has 0 aliphatic carbocycles. The van der Waals surface area contributed by atoms with Crippen LogP contribution in [-0.4, -0.2) is 18.2 Å². The molecule has 0 fully saturated rings. The second-order valence-corrected chi connectivity index (χ2v) is 2.65. The van der Waals surface area contributed by atoms with Crippen molar-refractivity contribution in [1.82, 2.24) is 4.98 Å². The molecule has 1 aromatic rings. The van der Waals surface area contributed by atoms with E-state index in [-0.39, 0.29) is 0 Å². The van der Waals surface area contributed by atoms with E-state index in [1.54, 1.807) is 0 Å². The van der Waals surface area contributed by atoms with Gasteiger partial charge in [0.15, 0.2) is 11.5 Å². The van der Waals surface area contributed by atoms with Crippen LogP contribution >= 0.6 is 0 Å². The number of allylic oxidation sites excluding steroid dienone is 1. The first-order valence-corrected chi connectivity index (χ1v) is 3.98. The van der Waals surface area contributed by atoms with Gasteiger partial charge in [-0.2, -0.15) is 0 Å². The molecular weight excluding hydrogens is 154 g/mol. The molecule has 0 atom stereocenters. The molecule has 1 aromatic heterocycles. The predicted molar refractivity (Wildman–Crippen MR) is 45.7 cm³/mol. The fourth-order valence-corrected chi connectivity index (χ4v) is 1.29. The monoisotopic (exact) mass is 165 g/mol.